The third-order valence-electron chi connectivity index (χ3n) is 2.40. The van der Waals surface area contributed by atoms with E-state index in [4.69, 9.17) is 21.4 Å². The van der Waals surface area contributed by atoms with Gasteiger partial charge in [0.05, 0.1) is 7.11 Å². The van der Waals surface area contributed by atoms with E-state index in [1.807, 2.05) is 19.9 Å². The van der Waals surface area contributed by atoms with Crippen molar-refractivity contribution >= 4 is 11.6 Å². The Balaban J connectivity index is 3.20. The lowest BCUT2D eigenvalue weighted by atomic mass is 9.97. The average Bonchev–Trinajstić information content (AvgIpc) is 2.20. The number of rotatable bonds is 3. The molecule has 0 saturated carbocycles. The Morgan fingerprint density at radius 3 is 2.64 bits per heavy atom. The maximum Gasteiger partial charge on any atom is 0.120 e. The molecular weight excluding hydrogens is 200 g/mol. The average molecular weight is 215 g/mol. The fourth-order valence-electron chi connectivity index (χ4n) is 1.40. The van der Waals surface area contributed by atoms with E-state index < -0.39 is 0 Å². The number of ether oxygens (including phenoxy) is 1. The Labute approximate surface area is 89.5 Å². The molecule has 0 fully saturated rings. The predicted octanol–water partition coefficient (Wildman–Crippen LogP) is 2.75. The summed E-state index contributed by atoms with van der Waals surface area (Å²) in [5.74, 6) is 0.818. The second-order valence-electron chi connectivity index (χ2n) is 3.41. The zero-order valence-corrected chi connectivity index (χ0v) is 9.43. The molecule has 0 spiro atoms. The Morgan fingerprint density at radius 2 is 2.14 bits per heavy atom. The van der Waals surface area contributed by atoms with Crippen molar-refractivity contribution in [1.82, 2.24) is 0 Å². The van der Waals surface area contributed by atoms with Crippen LogP contribution in [0.3, 0.4) is 0 Å². The zero-order valence-electron chi connectivity index (χ0n) is 8.67. The third kappa shape index (κ3) is 2.20. The highest BCUT2D eigenvalue weighted by Gasteiger charge is 2.11. The van der Waals surface area contributed by atoms with Crippen LogP contribution in [0.2, 0.25) is 5.02 Å². The molecule has 78 valence electrons. The van der Waals surface area contributed by atoms with Gasteiger partial charge in [-0.3, -0.25) is 0 Å². The molecule has 1 atom stereocenters. The van der Waals surface area contributed by atoms with Crippen molar-refractivity contribution in [3.8, 4) is 5.75 Å². The molecule has 1 aromatic carbocycles. The summed E-state index contributed by atoms with van der Waals surface area (Å²) in [6, 6.07) is 3.70. The first-order chi connectivity index (χ1) is 6.60. The largest absolute Gasteiger partial charge is 0.497 e. The lowest BCUT2D eigenvalue weighted by Crippen LogP contribution is -2.02. The third-order valence-corrected chi connectivity index (χ3v) is 2.79. The minimum absolute atomic E-state index is 0.0857. The highest BCUT2D eigenvalue weighted by molar-refractivity contribution is 6.31. The van der Waals surface area contributed by atoms with E-state index in [1.54, 1.807) is 13.2 Å². The summed E-state index contributed by atoms with van der Waals surface area (Å²) >= 11 is 6.04. The lowest BCUT2D eigenvalue weighted by molar-refractivity contribution is 0.272. The molecule has 1 aromatic rings. The molecule has 1 rings (SSSR count). The number of hydrogen-bond acceptors (Lipinski definition) is 2. The standard InChI is InChI=1S/C11H15ClO2/c1-7(6-13)10-4-9(14-3)5-11(12)8(10)2/h4-5,7,13H,6H2,1-3H3. The summed E-state index contributed by atoms with van der Waals surface area (Å²) in [4.78, 5) is 0. The van der Waals surface area contributed by atoms with E-state index in [0.717, 1.165) is 16.9 Å². The van der Waals surface area contributed by atoms with Gasteiger partial charge in [0.25, 0.3) is 0 Å². The summed E-state index contributed by atoms with van der Waals surface area (Å²) < 4.78 is 5.12. The first kappa shape index (κ1) is 11.3. The van der Waals surface area contributed by atoms with E-state index >= 15 is 0 Å². The van der Waals surface area contributed by atoms with Crippen molar-refractivity contribution in [2.24, 2.45) is 0 Å². The summed E-state index contributed by atoms with van der Waals surface area (Å²) in [5.41, 5.74) is 2.05. The van der Waals surface area contributed by atoms with Crippen LogP contribution in [-0.2, 0) is 0 Å². The predicted molar refractivity (Wildman–Crippen MR) is 58.2 cm³/mol. The molecule has 1 N–H and O–H groups in total. The van der Waals surface area contributed by atoms with Crippen LogP contribution in [0.5, 0.6) is 5.75 Å². The molecular formula is C11H15ClO2. The van der Waals surface area contributed by atoms with Gasteiger partial charge in [0.1, 0.15) is 5.75 Å². The zero-order chi connectivity index (χ0) is 10.7. The summed E-state index contributed by atoms with van der Waals surface area (Å²) in [7, 11) is 1.61. The van der Waals surface area contributed by atoms with Crippen LogP contribution in [0.25, 0.3) is 0 Å². The molecule has 0 amide bonds. The number of benzene rings is 1. The first-order valence-corrected chi connectivity index (χ1v) is 4.92. The van der Waals surface area contributed by atoms with E-state index in [2.05, 4.69) is 0 Å². The second kappa shape index (κ2) is 4.67. The molecule has 0 bridgehead atoms. The molecule has 1 unspecified atom stereocenters. The van der Waals surface area contributed by atoms with Crippen molar-refractivity contribution < 1.29 is 9.84 Å². The van der Waals surface area contributed by atoms with E-state index in [-0.39, 0.29) is 12.5 Å². The summed E-state index contributed by atoms with van der Waals surface area (Å²) in [6.45, 7) is 4.02. The van der Waals surface area contributed by atoms with Gasteiger partial charge in [-0.15, -0.1) is 0 Å². The molecule has 2 nitrogen and oxygen atoms in total. The van der Waals surface area contributed by atoms with Crippen LogP contribution in [0.15, 0.2) is 12.1 Å². The molecule has 3 heteroatoms. The van der Waals surface area contributed by atoms with Gasteiger partial charge in [-0.2, -0.15) is 0 Å². The quantitative estimate of drug-likeness (QED) is 0.839. The second-order valence-corrected chi connectivity index (χ2v) is 3.81. The van der Waals surface area contributed by atoms with Gasteiger partial charge in [-0.25, -0.2) is 0 Å². The van der Waals surface area contributed by atoms with Gasteiger partial charge < -0.3 is 9.84 Å². The number of halogens is 1. The highest BCUT2D eigenvalue weighted by atomic mass is 35.5. The van der Waals surface area contributed by atoms with Crippen molar-refractivity contribution in [1.29, 1.82) is 0 Å². The molecule has 0 heterocycles. The van der Waals surface area contributed by atoms with Crippen LogP contribution in [-0.4, -0.2) is 18.8 Å². The van der Waals surface area contributed by atoms with Crippen LogP contribution in [0, 0.1) is 6.92 Å². The van der Waals surface area contributed by atoms with Crippen molar-refractivity contribution in [2.75, 3.05) is 13.7 Å². The Kier molecular flexibility index (Phi) is 3.78. The number of methoxy groups -OCH3 is 1. The van der Waals surface area contributed by atoms with Gasteiger partial charge in [0.15, 0.2) is 0 Å². The molecule has 0 saturated heterocycles. The molecule has 14 heavy (non-hydrogen) atoms. The van der Waals surface area contributed by atoms with Crippen molar-refractivity contribution in [3.05, 3.63) is 28.3 Å². The Bertz CT molecular complexity index is 323. The van der Waals surface area contributed by atoms with Crippen LogP contribution in [0.4, 0.5) is 0 Å². The lowest BCUT2D eigenvalue weighted by Gasteiger charge is -2.14. The van der Waals surface area contributed by atoms with Crippen LogP contribution < -0.4 is 4.74 Å². The van der Waals surface area contributed by atoms with E-state index in [1.165, 1.54) is 0 Å². The van der Waals surface area contributed by atoms with Crippen molar-refractivity contribution in [2.45, 2.75) is 19.8 Å². The summed E-state index contributed by atoms with van der Waals surface area (Å²) in [5, 5.41) is 9.76. The Morgan fingerprint density at radius 1 is 1.50 bits per heavy atom. The minimum atomic E-state index is 0.0857. The normalized spacial score (nSPS) is 12.6. The van der Waals surface area contributed by atoms with E-state index in [9.17, 15) is 0 Å². The highest BCUT2D eigenvalue weighted by Crippen LogP contribution is 2.30. The monoisotopic (exact) mass is 214 g/mol. The maximum absolute atomic E-state index is 9.08. The van der Waals surface area contributed by atoms with Gasteiger partial charge in [0, 0.05) is 17.5 Å². The number of hydrogen-bond donors (Lipinski definition) is 1. The van der Waals surface area contributed by atoms with Gasteiger partial charge >= 0.3 is 0 Å². The molecule has 0 aliphatic rings. The Hall–Kier alpha value is -0.730. The molecule has 0 aliphatic heterocycles. The van der Waals surface area contributed by atoms with Crippen LogP contribution in [0.1, 0.15) is 24.0 Å². The van der Waals surface area contributed by atoms with Gasteiger partial charge in [0.2, 0.25) is 0 Å². The summed E-state index contributed by atoms with van der Waals surface area (Å²) in [6.07, 6.45) is 0. The topological polar surface area (TPSA) is 29.5 Å². The molecule has 0 aliphatic carbocycles. The minimum Gasteiger partial charge on any atom is -0.497 e. The molecule has 0 aromatic heterocycles. The van der Waals surface area contributed by atoms with Crippen LogP contribution >= 0.6 is 11.6 Å². The maximum atomic E-state index is 9.08. The van der Waals surface area contributed by atoms with Gasteiger partial charge in [-0.05, 0) is 30.2 Å². The number of aliphatic hydroxyl groups is 1. The van der Waals surface area contributed by atoms with Crippen molar-refractivity contribution in [3.63, 3.8) is 0 Å². The number of aliphatic hydroxyl groups excluding tert-OH is 1. The fraction of sp³-hybridized carbons (Fsp3) is 0.455. The van der Waals surface area contributed by atoms with E-state index in [0.29, 0.717) is 5.02 Å². The van der Waals surface area contributed by atoms with Gasteiger partial charge in [-0.1, -0.05) is 18.5 Å². The smallest absolute Gasteiger partial charge is 0.120 e. The SMILES string of the molecule is COc1cc(Cl)c(C)c(C(C)CO)c1. The molecule has 0 radical (unpaired) electrons. The fourth-order valence-corrected chi connectivity index (χ4v) is 1.62. The first-order valence-electron chi connectivity index (χ1n) is 4.55.